The molecule has 1 aliphatic heterocycles. The summed E-state index contributed by atoms with van der Waals surface area (Å²) in [5, 5.41) is 10.4. The minimum atomic E-state index is -0.552. The molecule has 0 bridgehead atoms. The quantitative estimate of drug-likeness (QED) is 0.864. The Labute approximate surface area is 104 Å². The van der Waals surface area contributed by atoms with Gasteiger partial charge >= 0.3 is 0 Å². The molecule has 0 amide bonds. The maximum absolute atomic E-state index is 10.4. The Morgan fingerprint density at radius 3 is 2.94 bits per heavy atom. The topological polar surface area (TPSA) is 29.5 Å². The lowest BCUT2D eigenvalue weighted by atomic mass is 9.82. The minimum Gasteiger partial charge on any atom is -0.493 e. The number of para-hydroxylation sites is 1. The Kier molecular flexibility index (Phi) is 3.72. The van der Waals surface area contributed by atoms with Crippen LogP contribution in [0.4, 0.5) is 0 Å². The van der Waals surface area contributed by atoms with Crippen LogP contribution in [0.15, 0.2) is 24.3 Å². The predicted octanol–water partition coefficient (Wildman–Crippen LogP) is 3.49. The number of ether oxygens (including phenoxy) is 1. The van der Waals surface area contributed by atoms with Crippen molar-refractivity contribution in [3.05, 3.63) is 29.8 Å². The summed E-state index contributed by atoms with van der Waals surface area (Å²) in [6.45, 7) is 4.84. The summed E-state index contributed by atoms with van der Waals surface area (Å²) in [4.78, 5) is 0. The van der Waals surface area contributed by atoms with E-state index in [0.717, 1.165) is 38.0 Å². The maximum atomic E-state index is 10.4. The van der Waals surface area contributed by atoms with Gasteiger partial charge in [0.1, 0.15) is 5.75 Å². The van der Waals surface area contributed by atoms with E-state index in [9.17, 15) is 5.11 Å². The number of benzene rings is 1. The molecule has 2 unspecified atom stereocenters. The van der Waals surface area contributed by atoms with Gasteiger partial charge in [-0.05, 0) is 43.7 Å². The molecule has 1 aromatic carbocycles. The summed E-state index contributed by atoms with van der Waals surface area (Å²) in [5.41, 5.74) is 0.708. The van der Waals surface area contributed by atoms with Crippen molar-refractivity contribution in [3.63, 3.8) is 0 Å². The van der Waals surface area contributed by atoms with Crippen LogP contribution < -0.4 is 4.74 Å². The van der Waals surface area contributed by atoms with E-state index in [1.54, 1.807) is 0 Å². The summed E-state index contributed by atoms with van der Waals surface area (Å²) in [7, 11) is 0. The van der Waals surface area contributed by atoms with E-state index in [1.165, 1.54) is 5.56 Å². The number of aliphatic hydroxyl groups is 1. The van der Waals surface area contributed by atoms with Gasteiger partial charge in [-0.25, -0.2) is 0 Å². The van der Waals surface area contributed by atoms with Gasteiger partial charge in [0.05, 0.1) is 12.2 Å². The van der Waals surface area contributed by atoms with Gasteiger partial charge in [-0.15, -0.1) is 0 Å². The third kappa shape index (κ3) is 3.01. The van der Waals surface area contributed by atoms with Crippen LogP contribution in [0, 0.1) is 0 Å². The van der Waals surface area contributed by atoms with Gasteiger partial charge in [-0.1, -0.05) is 31.5 Å². The molecule has 2 nitrogen and oxygen atoms in total. The van der Waals surface area contributed by atoms with E-state index in [2.05, 4.69) is 19.1 Å². The maximum Gasteiger partial charge on any atom is 0.122 e. The van der Waals surface area contributed by atoms with E-state index in [-0.39, 0.29) is 0 Å². The average molecular weight is 234 g/mol. The zero-order valence-electron chi connectivity index (χ0n) is 10.8. The van der Waals surface area contributed by atoms with Crippen LogP contribution in [0.2, 0.25) is 0 Å². The molecule has 0 aromatic heterocycles. The Hall–Kier alpha value is -1.02. The molecule has 2 atom stereocenters. The normalized spacial score (nSPS) is 22.4. The second-order valence-electron chi connectivity index (χ2n) is 5.32. The monoisotopic (exact) mass is 234 g/mol. The first-order valence-corrected chi connectivity index (χ1v) is 6.56. The largest absolute Gasteiger partial charge is 0.493 e. The molecule has 0 radical (unpaired) electrons. The Balaban J connectivity index is 2.13. The molecular weight excluding hydrogens is 212 g/mol. The summed E-state index contributed by atoms with van der Waals surface area (Å²) >= 11 is 0. The van der Waals surface area contributed by atoms with Gasteiger partial charge in [-0.2, -0.15) is 0 Å². The summed E-state index contributed by atoms with van der Waals surface area (Å²) in [6.07, 6.45) is 3.74. The van der Waals surface area contributed by atoms with E-state index >= 15 is 0 Å². The van der Waals surface area contributed by atoms with Crippen LogP contribution in [0.1, 0.15) is 51.0 Å². The van der Waals surface area contributed by atoms with Crippen LogP contribution in [-0.4, -0.2) is 17.3 Å². The smallest absolute Gasteiger partial charge is 0.122 e. The van der Waals surface area contributed by atoms with E-state index in [1.807, 2.05) is 19.1 Å². The fourth-order valence-corrected chi connectivity index (χ4v) is 2.80. The zero-order valence-corrected chi connectivity index (χ0v) is 10.8. The fourth-order valence-electron chi connectivity index (χ4n) is 2.80. The fraction of sp³-hybridized carbons (Fsp3) is 0.600. The summed E-state index contributed by atoms with van der Waals surface area (Å²) in [5.74, 6) is 1.43. The van der Waals surface area contributed by atoms with Crippen molar-refractivity contribution in [3.8, 4) is 5.75 Å². The van der Waals surface area contributed by atoms with Crippen LogP contribution in [0.3, 0.4) is 0 Å². The lowest BCUT2D eigenvalue weighted by Gasteiger charge is -2.32. The third-order valence-corrected chi connectivity index (χ3v) is 3.56. The van der Waals surface area contributed by atoms with Crippen molar-refractivity contribution < 1.29 is 9.84 Å². The Bertz CT molecular complexity index is 371. The van der Waals surface area contributed by atoms with Crippen molar-refractivity contribution >= 4 is 0 Å². The lowest BCUT2D eigenvalue weighted by molar-refractivity contribution is 0.0298. The molecule has 0 saturated carbocycles. The minimum absolute atomic E-state index is 0.432. The Morgan fingerprint density at radius 1 is 1.41 bits per heavy atom. The van der Waals surface area contributed by atoms with Crippen molar-refractivity contribution in [1.29, 1.82) is 0 Å². The lowest BCUT2D eigenvalue weighted by Crippen LogP contribution is -2.28. The average Bonchev–Trinajstić information content (AvgIpc) is 2.29. The summed E-state index contributed by atoms with van der Waals surface area (Å²) in [6, 6.07) is 8.21. The van der Waals surface area contributed by atoms with Gasteiger partial charge in [0, 0.05) is 0 Å². The van der Waals surface area contributed by atoms with E-state index in [0.29, 0.717) is 5.92 Å². The molecule has 17 heavy (non-hydrogen) atoms. The highest BCUT2D eigenvalue weighted by atomic mass is 16.5. The summed E-state index contributed by atoms with van der Waals surface area (Å²) < 4.78 is 5.65. The number of hydrogen-bond donors (Lipinski definition) is 1. The zero-order chi connectivity index (χ0) is 12.3. The van der Waals surface area contributed by atoms with Crippen LogP contribution in [-0.2, 0) is 0 Å². The van der Waals surface area contributed by atoms with Gasteiger partial charge in [-0.3, -0.25) is 0 Å². The molecule has 1 aromatic rings. The highest BCUT2D eigenvalue weighted by Crippen LogP contribution is 2.39. The molecule has 1 heterocycles. The molecule has 1 aliphatic rings. The van der Waals surface area contributed by atoms with Crippen LogP contribution in [0.25, 0.3) is 0 Å². The SMILES string of the molecule is CCCC(C)(O)CC1CCOc2ccccc21. The number of rotatable bonds is 4. The van der Waals surface area contributed by atoms with Crippen molar-refractivity contribution in [1.82, 2.24) is 0 Å². The molecule has 94 valence electrons. The van der Waals surface area contributed by atoms with Crippen LogP contribution in [0.5, 0.6) is 5.75 Å². The predicted molar refractivity (Wildman–Crippen MR) is 69.4 cm³/mol. The standard InChI is InChI=1S/C15H22O2/c1-3-9-15(2,16)11-12-8-10-17-14-7-5-4-6-13(12)14/h4-7,12,16H,3,8-11H2,1-2H3. The van der Waals surface area contributed by atoms with Gasteiger partial charge < -0.3 is 9.84 Å². The first kappa shape index (κ1) is 12.4. The highest BCUT2D eigenvalue weighted by Gasteiger charge is 2.29. The number of hydrogen-bond acceptors (Lipinski definition) is 2. The van der Waals surface area contributed by atoms with Gasteiger partial charge in [0.15, 0.2) is 0 Å². The molecular formula is C15H22O2. The molecule has 0 spiro atoms. The first-order chi connectivity index (χ1) is 8.12. The molecule has 2 rings (SSSR count). The van der Waals surface area contributed by atoms with Crippen molar-refractivity contribution in [2.75, 3.05) is 6.61 Å². The van der Waals surface area contributed by atoms with E-state index < -0.39 is 5.60 Å². The first-order valence-electron chi connectivity index (χ1n) is 6.56. The molecule has 1 N–H and O–H groups in total. The molecule has 0 fully saturated rings. The van der Waals surface area contributed by atoms with E-state index in [4.69, 9.17) is 4.74 Å². The van der Waals surface area contributed by atoms with Gasteiger partial charge in [0.25, 0.3) is 0 Å². The van der Waals surface area contributed by atoms with Crippen molar-refractivity contribution in [2.24, 2.45) is 0 Å². The molecule has 0 saturated heterocycles. The van der Waals surface area contributed by atoms with Crippen molar-refractivity contribution in [2.45, 2.75) is 51.0 Å². The third-order valence-electron chi connectivity index (χ3n) is 3.56. The molecule has 0 aliphatic carbocycles. The Morgan fingerprint density at radius 2 is 2.18 bits per heavy atom. The number of fused-ring (bicyclic) bond motifs is 1. The highest BCUT2D eigenvalue weighted by molar-refractivity contribution is 5.37. The van der Waals surface area contributed by atoms with Gasteiger partial charge in [0.2, 0.25) is 0 Å². The molecule has 2 heteroatoms. The van der Waals surface area contributed by atoms with Crippen LogP contribution >= 0.6 is 0 Å². The second kappa shape index (κ2) is 5.09. The second-order valence-corrected chi connectivity index (χ2v) is 5.32.